The van der Waals surface area contributed by atoms with E-state index in [-0.39, 0.29) is 46.0 Å². The Kier molecular flexibility index (Phi) is 9.65. The van der Waals surface area contributed by atoms with Crippen molar-refractivity contribution >= 4 is 18.5 Å². The summed E-state index contributed by atoms with van der Waals surface area (Å²) in [5, 5.41) is 9.97. The number of hydrogen-bond donors (Lipinski definition) is 1. The van der Waals surface area contributed by atoms with Gasteiger partial charge in [-0.15, -0.1) is 12.4 Å². The Morgan fingerprint density at radius 2 is 1.52 bits per heavy atom. The number of rotatable bonds is 4. The van der Waals surface area contributed by atoms with Crippen LogP contribution in [0.15, 0.2) is 48.5 Å². The smallest absolute Gasteiger partial charge is 0.415 e. The first-order valence-corrected chi connectivity index (χ1v) is 7.01. The van der Waals surface area contributed by atoms with E-state index in [2.05, 4.69) is 0 Å². The summed E-state index contributed by atoms with van der Waals surface area (Å²) in [7, 11) is 0. The van der Waals surface area contributed by atoms with Crippen LogP contribution in [0.4, 0.5) is 4.79 Å². The Labute approximate surface area is 157 Å². The molecule has 2 aromatic rings. The van der Waals surface area contributed by atoms with E-state index in [1.54, 1.807) is 35.2 Å². The topological polar surface area (TPSA) is 49.8 Å². The van der Waals surface area contributed by atoms with Crippen LogP contribution in [0.1, 0.15) is 13.8 Å². The Bertz CT molecular complexity index is 633. The first kappa shape index (κ1) is 21.5. The van der Waals surface area contributed by atoms with Crippen molar-refractivity contribution in [3.05, 3.63) is 48.5 Å². The molecule has 0 bridgehead atoms. The van der Waals surface area contributed by atoms with Crippen molar-refractivity contribution in [3.8, 4) is 22.6 Å². The molecule has 0 radical (unpaired) electrons. The minimum atomic E-state index is -0.386. The minimum Gasteiger partial charge on any atom is -0.507 e. The van der Waals surface area contributed by atoms with E-state index in [1.165, 1.54) is 0 Å². The number of halogens is 1. The van der Waals surface area contributed by atoms with Crippen LogP contribution in [-0.4, -0.2) is 29.2 Å². The predicted molar refractivity (Wildman–Crippen MR) is 89.7 cm³/mol. The molecule has 1 amide bonds. The van der Waals surface area contributed by atoms with Crippen LogP contribution in [0.5, 0.6) is 11.5 Å². The second-order valence-corrected chi connectivity index (χ2v) is 4.55. The van der Waals surface area contributed by atoms with E-state index >= 15 is 0 Å². The van der Waals surface area contributed by atoms with Gasteiger partial charge in [-0.25, -0.2) is 4.79 Å². The number of aromatic hydroxyl groups is 1. The molecule has 0 heterocycles. The van der Waals surface area contributed by atoms with Crippen LogP contribution in [-0.2, 0) is 21.7 Å². The number of hydrogen-bond acceptors (Lipinski definition) is 3. The fourth-order valence-corrected chi connectivity index (χ4v) is 2.12. The molecular formula is C17H20ClNO3Ti. The summed E-state index contributed by atoms with van der Waals surface area (Å²) in [5.74, 6) is 0.597. The molecule has 0 saturated carbocycles. The molecule has 0 aliphatic rings. The molecule has 0 aromatic heterocycles. The van der Waals surface area contributed by atoms with E-state index in [0.29, 0.717) is 30.0 Å². The van der Waals surface area contributed by atoms with Gasteiger partial charge in [-0.1, -0.05) is 36.4 Å². The first-order valence-electron chi connectivity index (χ1n) is 7.01. The number of carbonyl (C=O) groups excluding carboxylic acids is 1. The van der Waals surface area contributed by atoms with Gasteiger partial charge < -0.3 is 14.7 Å². The Morgan fingerprint density at radius 3 is 2.09 bits per heavy atom. The zero-order valence-corrected chi connectivity index (χ0v) is 15.5. The molecule has 0 unspecified atom stereocenters. The van der Waals surface area contributed by atoms with Gasteiger partial charge in [0.15, 0.2) is 0 Å². The number of phenols is 1. The largest absolute Gasteiger partial charge is 0.507 e. The van der Waals surface area contributed by atoms with Crippen molar-refractivity contribution in [1.82, 2.24) is 4.90 Å². The summed E-state index contributed by atoms with van der Waals surface area (Å²) in [5.41, 5.74) is 1.33. The standard InChI is InChI=1S/C17H19NO3.ClH.Ti/c1-3-18(4-2)17(20)21-16-12-8-6-10-14(16)13-9-5-7-11-15(13)19;;/h5-12,19H,3-4H2,1-2H3;1H;. The van der Waals surface area contributed by atoms with Gasteiger partial charge in [0.1, 0.15) is 11.5 Å². The fourth-order valence-electron chi connectivity index (χ4n) is 2.12. The van der Waals surface area contributed by atoms with Crippen molar-refractivity contribution < 1.29 is 36.4 Å². The van der Waals surface area contributed by atoms with E-state index in [4.69, 9.17) is 4.74 Å². The molecule has 0 atom stereocenters. The van der Waals surface area contributed by atoms with Crippen LogP contribution < -0.4 is 4.74 Å². The minimum absolute atomic E-state index is 0. The zero-order valence-electron chi connectivity index (χ0n) is 13.2. The quantitative estimate of drug-likeness (QED) is 0.817. The number of carbonyl (C=O) groups is 1. The van der Waals surface area contributed by atoms with Crippen LogP contribution in [0.2, 0.25) is 0 Å². The molecule has 23 heavy (non-hydrogen) atoms. The Hall–Kier alpha value is -1.49. The molecule has 122 valence electrons. The number of nitrogens with zero attached hydrogens (tertiary/aromatic N) is 1. The first-order chi connectivity index (χ1) is 10.2. The van der Waals surface area contributed by atoms with Gasteiger partial charge in [-0.3, -0.25) is 0 Å². The number of amides is 1. The van der Waals surface area contributed by atoms with E-state index in [0.717, 1.165) is 0 Å². The summed E-state index contributed by atoms with van der Waals surface area (Å²) in [4.78, 5) is 13.7. The normalized spacial score (nSPS) is 9.30. The fraction of sp³-hybridized carbons (Fsp3) is 0.235. The summed E-state index contributed by atoms with van der Waals surface area (Å²) in [6, 6.07) is 14.2. The Morgan fingerprint density at radius 1 is 1.00 bits per heavy atom. The number of para-hydroxylation sites is 2. The SMILES string of the molecule is CCN(CC)C(=O)Oc1ccccc1-c1ccccc1O.Cl.[Ti]. The second-order valence-electron chi connectivity index (χ2n) is 4.55. The number of phenolic OH excluding ortho intramolecular Hbond substituents is 1. The molecule has 0 spiro atoms. The van der Waals surface area contributed by atoms with Crippen LogP contribution in [0, 0.1) is 0 Å². The maximum absolute atomic E-state index is 12.1. The number of ether oxygens (including phenoxy) is 1. The average Bonchev–Trinajstić information content (AvgIpc) is 2.50. The predicted octanol–water partition coefficient (Wildman–Crippen LogP) is 4.32. The third kappa shape index (κ3) is 5.27. The maximum atomic E-state index is 12.1. The Balaban J connectivity index is 0.00000242. The van der Waals surface area contributed by atoms with Crippen molar-refractivity contribution in [3.63, 3.8) is 0 Å². The molecule has 4 nitrogen and oxygen atoms in total. The molecule has 2 rings (SSSR count). The van der Waals surface area contributed by atoms with Gasteiger partial charge in [0.25, 0.3) is 0 Å². The average molecular weight is 370 g/mol. The maximum Gasteiger partial charge on any atom is 0.415 e. The van der Waals surface area contributed by atoms with E-state index in [9.17, 15) is 9.90 Å². The van der Waals surface area contributed by atoms with Crippen molar-refractivity contribution in [1.29, 1.82) is 0 Å². The van der Waals surface area contributed by atoms with Gasteiger partial charge in [-0.2, -0.15) is 0 Å². The second kappa shape index (κ2) is 10.3. The molecule has 2 aromatic carbocycles. The van der Waals surface area contributed by atoms with Gasteiger partial charge in [-0.05, 0) is 26.0 Å². The van der Waals surface area contributed by atoms with Gasteiger partial charge >= 0.3 is 6.09 Å². The van der Waals surface area contributed by atoms with Gasteiger partial charge in [0, 0.05) is 45.9 Å². The summed E-state index contributed by atoms with van der Waals surface area (Å²) < 4.78 is 5.47. The van der Waals surface area contributed by atoms with Crippen LogP contribution in [0.25, 0.3) is 11.1 Å². The third-order valence-electron chi connectivity index (χ3n) is 3.30. The summed E-state index contributed by atoms with van der Waals surface area (Å²) in [6.45, 7) is 4.99. The van der Waals surface area contributed by atoms with Gasteiger partial charge in [0.05, 0.1) is 0 Å². The van der Waals surface area contributed by atoms with Crippen molar-refractivity contribution in [2.75, 3.05) is 13.1 Å². The molecule has 6 heteroatoms. The molecular weight excluding hydrogens is 350 g/mol. The van der Waals surface area contributed by atoms with E-state index < -0.39 is 0 Å². The molecule has 0 aliphatic heterocycles. The molecule has 1 N–H and O–H groups in total. The zero-order chi connectivity index (χ0) is 15.2. The van der Waals surface area contributed by atoms with E-state index in [1.807, 2.05) is 32.0 Å². The van der Waals surface area contributed by atoms with Crippen molar-refractivity contribution in [2.24, 2.45) is 0 Å². The monoisotopic (exact) mass is 369 g/mol. The summed E-state index contributed by atoms with van der Waals surface area (Å²) >= 11 is 0. The van der Waals surface area contributed by atoms with Crippen LogP contribution in [0.3, 0.4) is 0 Å². The van der Waals surface area contributed by atoms with Crippen LogP contribution >= 0.6 is 12.4 Å². The molecule has 0 saturated heterocycles. The summed E-state index contributed by atoms with van der Waals surface area (Å²) in [6.07, 6.45) is -0.386. The third-order valence-corrected chi connectivity index (χ3v) is 3.30. The van der Waals surface area contributed by atoms with Gasteiger partial charge in [0.2, 0.25) is 0 Å². The molecule has 0 fully saturated rings. The number of benzene rings is 2. The molecule has 0 aliphatic carbocycles. The van der Waals surface area contributed by atoms with Crippen molar-refractivity contribution in [2.45, 2.75) is 13.8 Å².